The van der Waals surface area contributed by atoms with E-state index in [0.717, 1.165) is 24.0 Å². The number of benzene rings is 2. The number of aromatic amines is 1. The van der Waals surface area contributed by atoms with Crippen LogP contribution in [-0.2, 0) is 11.3 Å². The standard InChI is InChI=1S/C25H25FN6O3/c1-16-4-6-17(7-5-16)13-32-24-22(29-30-32)25(34)28-23(27-24)18-3-2-12-31(14-18)21(33)15-35-20-10-8-19(26)9-11-20/h4-11,18H,2-3,12-15H2,1H3,(H,27,28,34)/t18-/m1/s1. The third-order valence-corrected chi connectivity index (χ3v) is 6.18. The van der Waals surface area contributed by atoms with Crippen molar-refractivity contribution in [1.82, 2.24) is 29.9 Å². The molecule has 35 heavy (non-hydrogen) atoms. The van der Waals surface area contributed by atoms with Gasteiger partial charge >= 0.3 is 0 Å². The SMILES string of the molecule is Cc1ccc(Cn2nnc3c(=O)[nH]c([C@@H]4CCCN(C(=O)COc5ccc(F)cc5)C4)nc32)cc1. The molecule has 9 nitrogen and oxygen atoms in total. The Bertz CT molecular complexity index is 1400. The van der Waals surface area contributed by atoms with Crippen molar-refractivity contribution >= 4 is 17.1 Å². The third kappa shape index (κ3) is 5.06. The molecule has 2 aromatic carbocycles. The van der Waals surface area contributed by atoms with E-state index in [1.165, 1.54) is 24.3 Å². The number of carbonyl (C=O) groups excluding carboxylic acids is 1. The van der Waals surface area contributed by atoms with Gasteiger partial charge in [-0.3, -0.25) is 9.59 Å². The Labute approximate surface area is 200 Å². The first-order valence-corrected chi connectivity index (χ1v) is 11.5. The average Bonchev–Trinajstić information content (AvgIpc) is 3.28. The molecule has 2 aromatic heterocycles. The van der Waals surface area contributed by atoms with E-state index in [-0.39, 0.29) is 35.3 Å². The smallest absolute Gasteiger partial charge is 0.281 e. The highest BCUT2D eigenvalue weighted by Gasteiger charge is 2.27. The van der Waals surface area contributed by atoms with Gasteiger partial charge in [-0.1, -0.05) is 35.0 Å². The number of ether oxygens (including phenoxy) is 1. The van der Waals surface area contributed by atoms with Crippen LogP contribution in [0.25, 0.3) is 11.2 Å². The summed E-state index contributed by atoms with van der Waals surface area (Å²) in [5, 5.41) is 8.16. The van der Waals surface area contributed by atoms with E-state index in [4.69, 9.17) is 9.72 Å². The molecule has 1 aliphatic rings. The quantitative estimate of drug-likeness (QED) is 0.459. The van der Waals surface area contributed by atoms with Crippen molar-refractivity contribution < 1.29 is 13.9 Å². The Balaban J connectivity index is 1.31. The lowest BCUT2D eigenvalue weighted by Gasteiger charge is -2.32. The van der Waals surface area contributed by atoms with Crippen LogP contribution >= 0.6 is 0 Å². The van der Waals surface area contributed by atoms with Crippen molar-refractivity contribution in [2.75, 3.05) is 19.7 Å². The molecule has 4 aromatic rings. The molecule has 0 saturated carbocycles. The lowest BCUT2D eigenvalue weighted by Crippen LogP contribution is -2.42. The van der Waals surface area contributed by atoms with E-state index in [9.17, 15) is 14.0 Å². The van der Waals surface area contributed by atoms with Gasteiger partial charge in [-0.15, -0.1) is 5.10 Å². The number of hydrogen-bond donors (Lipinski definition) is 1. The number of nitrogens with one attached hydrogen (secondary N) is 1. The van der Waals surface area contributed by atoms with E-state index in [2.05, 4.69) is 15.3 Å². The molecule has 10 heteroatoms. The largest absolute Gasteiger partial charge is 0.484 e. The minimum atomic E-state index is -0.364. The Morgan fingerprint density at radius 1 is 1.17 bits per heavy atom. The van der Waals surface area contributed by atoms with Gasteiger partial charge in [0, 0.05) is 19.0 Å². The van der Waals surface area contributed by atoms with Crippen LogP contribution in [0.3, 0.4) is 0 Å². The fourth-order valence-electron chi connectivity index (χ4n) is 4.24. The van der Waals surface area contributed by atoms with Gasteiger partial charge in [0.05, 0.1) is 6.54 Å². The Hall–Kier alpha value is -4.08. The highest BCUT2D eigenvalue weighted by atomic mass is 19.1. The van der Waals surface area contributed by atoms with Crippen molar-refractivity contribution in [3.8, 4) is 5.75 Å². The molecule has 0 spiro atoms. The molecule has 180 valence electrons. The maximum absolute atomic E-state index is 13.1. The molecule has 1 amide bonds. The first-order chi connectivity index (χ1) is 17.0. The maximum Gasteiger partial charge on any atom is 0.281 e. The van der Waals surface area contributed by atoms with Gasteiger partial charge in [0.2, 0.25) is 0 Å². The highest BCUT2D eigenvalue weighted by molar-refractivity contribution is 5.78. The molecule has 1 aliphatic heterocycles. The van der Waals surface area contributed by atoms with Gasteiger partial charge in [-0.25, -0.2) is 14.1 Å². The first kappa shape index (κ1) is 22.7. The van der Waals surface area contributed by atoms with Crippen LogP contribution in [0.2, 0.25) is 0 Å². The number of halogens is 1. The van der Waals surface area contributed by atoms with Crippen LogP contribution in [-0.4, -0.2) is 55.5 Å². The fourth-order valence-corrected chi connectivity index (χ4v) is 4.24. The summed E-state index contributed by atoms with van der Waals surface area (Å²) in [6.07, 6.45) is 1.56. The number of aryl methyl sites for hydroxylation is 1. The Morgan fingerprint density at radius 2 is 1.94 bits per heavy atom. The summed E-state index contributed by atoms with van der Waals surface area (Å²) in [6, 6.07) is 13.6. The summed E-state index contributed by atoms with van der Waals surface area (Å²) in [7, 11) is 0. The van der Waals surface area contributed by atoms with E-state index in [0.29, 0.717) is 36.9 Å². The van der Waals surface area contributed by atoms with Crippen molar-refractivity contribution in [2.24, 2.45) is 0 Å². The minimum absolute atomic E-state index is 0.127. The lowest BCUT2D eigenvalue weighted by molar-refractivity contribution is -0.134. The molecule has 1 atom stereocenters. The van der Waals surface area contributed by atoms with E-state index in [1.54, 1.807) is 9.58 Å². The molecule has 0 radical (unpaired) electrons. The van der Waals surface area contributed by atoms with Crippen LogP contribution in [0.4, 0.5) is 4.39 Å². The van der Waals surface area contributed by atoms with Crippen LogP contribution in [0.1, 0.15) is 35.7 Å². The molecular formula is C25H25FN6O3. The van der Waals surface area contributed by atoms with Crippen LogP contribution in [0.15, 0.2) is 53.3 Å². The summed E-state index contributed by atoms with van der Waals surface area (Å²) < 4.78 is 20.2. The summed E-state index contributed by atoms with van der Waals surface area (Å²) in [6.45, 7) is 3.34. The summed E-state index contributed by atoms with van der Waals surface area (Å²) in [5.74, 6) is 0.286. The van der Waals surface area contributed by atoms with E-state index < -0.39 is 0 Å². The average molecular weight is 477 g/mol. The summed E-state index contributed by atoms with van der Waals surface area (Å²) in [4.78, 5) is 34.7. The number of nitrogens with zero attached hydrogens (tertiary/aromatic N) is 5. The zero-order valence-electron chi connectivity index (χ0n) is 19.3. The second-order valence-corrected chi connectivity index (χ2v) is 8.78. The number of aromatic nitrogens is 5. The maximum atomic E-state index is 13.1. The number of fused-ring (bicyclic) bond motifs is 1. The second kappa shape index (κ2) is 9.65. The zero-order valence-corrected chi connectivity index (χ0v) is 19.3. The van der Waals surface area contributed by atoms with Crippen LogP contribution in [0.5, 0.6) is 5.75 Å². The molecule has 5 rings (SSSR count). The minimum Gasteiger partial charge on any atom is -0.484 e. The normalized spacial score (nSPS) is 15.9. The zero-order chi connectivity index (χ0) is 24.4. The van der Waals surface area contributed by atoms with Crippen molar-refractivity contribution in [3.63, 3.8) is 0 Å². The molecule has 0 aliphatic carbocycles. The predicted molar refractivity (Wildman–Crippen MR) is 127 cm³/mol. The van der Waals surface area contributed by atoms with E-state index in [1.807, 2.05) is 31.2 Å². The predicted octanol–water partition coefficient (Wildman–Crippen LogP) is 2.80. The number of amides is 1. The lowest BCUT2D eigenvalue weighted by atomic mass is 9.97. The number of likely N-dealkylation sites (tertiary alicyclic amines) is 1. The molecule has 3 heterocycles. The van der Waals surface area contributed by atoms with E-state index >= 15 is 0 Å². The van der Waals surface area contributed by atoms with Crippen molar-refractivity contribution in [2.45, 2.75) is 32.2 Å². The Kier molecular flexibility index (Phi) is 6.26. The third-order valence-electron chi connectivity index (χ3n) is 6.18. The van der Waals surface area contributed by atoms with Gasteiger partial charge in [0.25, 0.3) is 11.5 Å². The highest BCUT2D eigenvalue weighted by Crippen LogP contribution is 2.25. The number of rotatable bonds is 6. The number of H-pyrrole nitrogens is 1. The van der Waals surface area contributed by atoms with Gasteiger partial charge in [0.1, 0.15) is 17.4 Å². The second-order valence-electron chi connectivity index (χ2n) is 8.78. The van der Waals surface area contributed by atoms with Gasteiger partial charge in [-0.2, -0.15) is 0 Å². The van der Waals surface area contributed by atoms with Crippen molar-refractivity contribution in [3.05, 3.63) is 81.7 Å². The number of piperidine rings is 1. The molecule has 1 saturated heterocycles. The Morgan fingerprint density at radius 3 is 2.71 bits per heavy atom. The fraction of sp³-hybridized carbons (Fsp3) is 0.320. The number of hydrogen-bond acceptors (Lipinski definition) is 6. The van der Waals surface area contributed by atoms with Crippen LogP contribution in [0, 0.1) is 12.7 Å². The summed E-state index contributed by atoms with van der Waals surface area (Å²) in [5.41, 5.74) is 2.46. The first-order valence-electron chi connectivity index (χ1n) is 11.5. The number of carbonyl (C=O) groups is 1. The van der Waals surface area contributed by atoms with Gasteiger partial charge in [0.15, 0.2) is 17.8 Å². The summed E-state index contributed by atoms with van der Waals surface area (Å²) >= 11 is 0. The molecule has 1 N–H and O–H groups in total. The van der Waals surface area contributed by atoms with Gasteiger partial charge in [-0.05, 0) is 49.6 Å². The monoisotopic (exact) mass is 476 g/mol. The molecular weight excluding hydrogens is 451 g/mol. The molecule has 1 fully saturated rings. The topological polar surface area (TPSA) is 106 Å². The van der Waals surface area contributed by atoms with Gasteiger partial charge < -0.3 is 14.6 Å². The van der Waals surface area contributed by atoms with Crippen LogP contribution < -0.4 is 10.3 Å². The molecule has 0 bridgehead atoms. The van der Waals surface area contributed by atoms with Crippen molar-refractivity contribution in [1.29, 1.82) is 0 Å². The molecule has 0 unspecified atom stereocenters.